The molecular formula is C12H14NO+. The van der Waals surface area contributed by atoms with Gasteiger partial charge in [0.2, 0.25) is 5.52 Å². The summed E-state index contributed by atoms with van der Waals surface area (Å²) >= 11 is 0. The summed E-state index contributed by atoms with van der Waals surface area (Å²) < 4.78 is 1.86. The average molecular weight is 188 g/mol. The molecule has 0 saturated heterocycles. The number of fused-ring (bicyclic) bond motifs is 1. The second kappa shape index (κ2) is 3.39. The molecule has 0 radical (unpaired) electrons. The summed E-state index contributed by atoms with van der Waals surface area (Å²) in [4.78, 5) is 0. The van der Waals surface area contributed by atoms with Crippen LogP contribution in [0.4, 0.5) is 0 Å². The molecule has 1 N–H and O–H groups in total. The van der Waals surface area contributed by atoms with E-state index >= 15 is 0 Å². The van der Waals surface area contributed by atoms with Crippen molar-refractivity contribution >= 4 is 10.9 Å². The molecule has 0 amide bonds. The molecule has 2 heteroatoms. The number of para-hydroxylation sites is 1. The fourth-order valence-electron chi connectivity index (χ4n) is 1.72. The van der Waals surface area contributed by atoms with Crippen molar-refractivity contribution in [2.75, 3.05) is 0 Å². The van der Waals surface area contributed by atoms with Gasteiger partial charge < -0.3 is 5.11 Å². The normalized spacial score (nSPS) is 13.1. The maximum atomic E-state index is 9.58. The summed E-state index contributed by atoms with van der Waals surface area (Å²) in [6.07, 6.45) is 1.43. The largest absolute Gasteiger partial charge is 0.337 e. The Hall–Kier alpha value is -1.41. The smallest absolute Gasteiger partial charge is 0.257 e. The zero-order chi connectivity index (χ0) is 10.1. The van der Waals surface area contributed by atoms with E-state index in [4.69, 9.17) is 0 Å². The minimum Gasteiger partial charge on any atom is -0.337 e. The summed E-state index contributed by atoms with van der Waals surface area (Å²) in [6.45, 7) is 3.84. The molecule has 2 aromatic rings. The first-order chi connectivity index (χ1) is 6.70. The Labute approximate surface area is 83.4 Å². The molecule has 1 unspecified atom stereocenters. The lowest BCUT2D eigenvalue weighted by Gasteiger charge is -2.04. The number of aryl methyl sites for hydroxylation is 1. The van der Waals surface area contributed by atoms with Crippen LogP contribution in [0.1, 0.15) is 18.7 Å². The van der Waals surface area contributed by atoms with E-state index in [2.05, 4.69) is 13.0 Å². The molecule has 14 heavy (non-hydrogen) atoms. The molecule has 0 spiro atoms. The molecule has 0 saturated carbocycles. The Kier molecular flexibility index (Phi) is 2.22. The highest BCUT2D eigenvalue weighted by molar-refractivity contribution is 5.78. The molecule has 0 aliphatic carbocycles. The lowest BCUT2D eigenvalue weighted by molar-refractivity contribution is -0.733. The average Bonchev–Trinajstić information content (AvgIpc) is 2.18. The number of rotatable bonds is 1. The highest BCUT2D eigenvalue weighted by atomic mass is 16.3. The number of pyridine rings is 1. The van der Waals surface area contributed by atoms with Gasteiger partial charge in [-0.2, -0.15) is 4.57 Å². The van der Waals surface area contributed by atoms with Gasteiger partial charge in [0.05, 0.1) is 0 Å². The first kappa shape index (κ1) is 9.16. The van der Waals surface area contributed by atoms with Crippen LogP contribution in [0, 0.1) is 6.92 Å². The van der Waals surface area contributed by atoms with Crippen molar-refractivity contribution in [3.8, 4) is 0 Å². The van der Waals surface area contributed by atoms with Crippen LogP contribution in [-0.2, 0) is 0 Å². The molecule has 0 bridgehead atoms. The van der Waals surface area contributed by atoms with Crippen LogP contribution in [0.25, 0.3) is 10.9 Å². The van der Waals surface area contributed by atoms with Gasteiger partial charge in [-0.3, -0.25) is 0 Å². The van der Waals surface area contributed by atoms with Crippen molar-refractivity contribution in [1.29, 1.82) is 0 Å². The van der Waals surface area contributed by atoms with Gasteiger partial charge in [-0.15, -0.1) is 0 Å². The highest BCUT2D eigenvalue weighted by Gasteiger charge is 2.13. The SMILES string of the molecule is Cc1cc[n+](C(C)O)c2ccccc12. The van der Waals surface area contributed by atoms with Crippen LogP contribution in [0.3, 0.4) is 0 Å². The third-order valence-electron chi connectivity index (χ3n) is 2.49. The van der Waals surface area contributed by atoms with E-state index in [-0.39, 0.29) is 0 Å². The van der Waals surface area contributed by atoms with Gasteiger partial charge >= 0.3 is 0 Å². The van der Waals surface area contributed by atoms with Gasteiger partial charge in [-0.05, 0) is 18.6 Å². The Morgan fingerprint density at radius 2 is 1.93 bits per heavy atom. The van der Waals surface area contributed by atoms with Crippen molar-refractivity contribution in [2.45, 2.75) is 20.1 Å². The van der Waals surface area contributed by atoms with E-state index in [1.807, 2.05) is 35.0 Å². The number of hydrogen-bond donors (Lipinski definition) is 1. The molecule has 72 valence electrons. The van der Waals surface area contributed by atoms with Gasteiger partial charge in [-0.1, -0.05) is 12.1 Å². The molecule has 2 rings (SSSR count). The number of benzene rings is 1. The van der Waals surface area contributed by atoms with Crippen molar-refractivity contribution < 1.29 is 9.67 Å². The Morgan fingerprint density at radius 1 is 1.21 bits per heavy atom. The first-order valence-corrected chi connectivity index (χ1v) is 4.77. The number of aliphatic hydroxyl groups is 1. The van der Waals surface area contributed by atoms with Crippen LogP contribution in [-0.4, -0.2) is 5.11 Å². The summed E-state index contributed by atoms with van der Waals surface area (Å²) in [5.74, 6) is 0. The van der Waals surface area contributed by atoms with Crippen molar-refractivity contribution in [3.63, 3.8) is 0 Å². The van der Waals surface area contributed by atoms with Crippen LogP contribution in [0.2, 0.25) is 0 Å². The molecule has 2 nitrogen and oxygen atoms in total. The summed E-state index contributed by atoms with van der Waals surface area (Å²) in [5, 5.41) is 10.8. The predicted molar refractivity (Wildman–Crippen MR) is 55.8 cm³/mol. The van der Waals surface area contributed by atoms with E-state index in [0.29, 0.717) is 0 Å². The lowest BCUT2D eigenvalue weighted by atomic mass is 10.1. The number of hydrogen-bond acceptors (Lipinski definition) is 1. The Morgan fingerprint density at radius 3 is 2.64 bits per heavy atom. The Bertz CT molecular complexity index is 463. The van der Waals surface area contributed by atoms with Crippen LogP contribution < -0.4 is 4.57 Å². The third-order valence-corrected chi connectivity index (χ3v) is 2.49. The maximum absolute atomic E-state index is 9.58. The number of nitrogens with zero attached hydrogens (tertiary/aromatic N) is 1. The first-order valence-electron chi connectivity index (χ1n) is 4.77. The van der Waals surface area contributed by atoms with E-state index in [1.54, 1.807) is 6.92 Å². The van der Waals surface area contributed by atoms with Gasteiger partial charge in [0.1, 0.15) is 0 Å². The maximum Gasteiger partial charge on any atom is 0.257 e. The van der Waals surface area contributed by atoms with E-state index in [1.165, 1.54) is 10.9 Å². The van der Waals surface area contributed by atoms with Crippen LogP contribution in [0.5, 0.6) is 0 Å². The zero-order valence-electron chi connectivity index (χ0n) is 8.44. The number of aliphatic hydroxyl groups excluding tert-OH is 1. The summed E-state index contributed by atoms with van der Waals surface area (Å²) in [6, 6.07) is 10.1. The van der Waals surface area contributed by atoms with E-state index in [9.17, 15) is 5.11 Å². The van der Waals surface area contributed by atoms with E-state index < -0.39 is 6.23 Å². The molecule has 1 aromatic heterocycles. The molecule has 1 aromatic carbocycles. The molecular weight excluding hydrogens is 174 g/mol. The fourth-order valence-corrected chi connectivity index (χ4v) is 1.72. The van der Waals surface area contributed by atoms with Crippen molar-refractivity contribution in [1.82, 2.24) is 0 Å². The zero-order valence-corrected chi connectivity index (χ0v) is 8.44. The molecule has 1 atom stereocenters. The minimum absolute atomic E-state index is 0.486. The van der Waals surface area contributed by atoms with Crippen molar-refractivity contribution in [3.05, 3.63) is 42.1 Å². The second-order valence-electron chi connectivity index (χ2n) is 3.56. The second-order valence-corrected chi connectivity index (χ2v) is 3.56. The van der Waals surface area contributed by atoms with Crippen LogP contribution in [0.15, 0.2) is 36.5 Å². The molecule has 0 aliphatic rings. The summed E-state index contributed by atoms with van der Waals surface area (Å²) in [5.41, 5.74) is 2.31. The van der Waals surface area contributed by atoms with Gasteiger partial charge in [0.15, 0.2) is 6.20 Å². The quantitative estimate of drug-likeness (QED) is 0.679. The standard InChI is InChI=1S/C12H14NO/c1-9-7-8-13(10(2)14)12-6-4-3-5-11(9)12/h3-8,10,14H,1-2H3/q+1. The Balaban J connectivity index is 2.82. The fraction of sp³-hybridized carbons (Fsp3) is 0.250. The van der Waals surface area contributed by atoms with Crippen molar-refractivity contribution in [2.24, 2.45) is 0 Å². The lowest BCUT2D eigenvalue weighted by Crippen LogP contribution is -2.38. The number of aromatic nitrogens is 1. The predicted octanol–water partition coefficient (Wildman–Crippen LogP) is 1.95. The van der Waals surface area contributed by atoms with Gasteiger partial charge in [0.25, 0.3) is 6.23 Å². The minimum atomic E-state index is -0.486. The van der Waals surface area contributed by atoms with Gasteiger partial charge in [-0.25, -0.2) is 0 Å². The molecule has 1 heterocycles. The molecule has 0 fully saturated rings. The highest BCUT2D eigenvalue weighted by Crippen LogP contribution is 2.14. The topological polar surface area (TPSA) is 24.1 Å². The summed E-state index contributed by atoms with van der Waals surface area (Å²) in [7, 11) is 0. The molecule has 0 aliphatic heterocycles. The third kappa shape index (κ3) is 1.38. The van der Waals surface area contributed by atoms with E-state index in [0.717, 1.165) is 5.52 Å². The van der Waals surface area contributed by atoms with Gasteiger partial charge in [0, 0.05) is 24.4 Å². The van der Waals surface area contributed by atoms with Crippen LogP contribution >= 0.6 is 0 Å². The monoisotopic (exact) mass is 188 g/mol.